The number of carboxylic acids is 1. The van der Waals surface area contributed by atoms with Gasteiger partial charge in [0.1, 0.15) is 0 Å². The van der Waals surface area contributed by atoms with E-state index in [2.05, 4.69) is 10.4 Å². The van der Waals surface area contributed by atoms with Gasteiger partial charge < -0.3 is 10.4 Å². The van der Waals surface area contributed by atoms with Crippen LogP contribution in [0.2, 0.25) is 0 Å². The van der Waals surface area contributed by atoms with Gasteiger partial charge in [-0.25, -0.2) is 9.48 Å². The predicted molar refractivity (Wildman–Crippen MR) is 116 cm³/mol. The number of nitrogens with zero attached hydrogens (tertiary/aromatic N) is 3. The molecule has 1 heterocycles. The zero-order chi connectivity index (χ0) is 22.7. The maximum atomic E-state index is 13.6. The normalized spacial score (nSPS) is 10.7. The number of halogens is 1. The molecule has 0 aliphatic carbocycles. The summed E-state index contributed by atoms with van der Waals surface area (Å²) < 4.78 is 15.3. The monoisotopic (exact) mass is 432 g/mol. The molecule has 0 fully saturated rings. The molecule has 0 radical (unpaired) electrons. The molecule has 160 valence electrons. The number of aromatic carboxylic acids is 1. The van der Waals surface area contributed by atoms with Crippen molar-refractivity contribution in [1.29, 1.82) is 0 Å². The number of aromatic nitrogens is 2. The highest BCUT2D eigenvalue weighted by atomic mass is 19.1. The number of hydrogen-bond donors (Lipinski definition) is 2. The van der Waals surface area contributed by atoms with Gasteiger partial charge in [-0.3, -0.25) is 10.1 Å². The number of hydrogen-bond acceptors (Lipinski definition) is 5. The third kappa shape index (κ3) is 4.31. The van der Waals surface area contributed by atoms with Gasteiger partial charge >= 0.3 is 11.7 Å². The Kier molecular flexibility index (Phi) is 5.63. The molecular weight excluding hydrogens is 415 g/mol. The van der Waals surface area contributed by atoms with Crippen molar-refractivity contribution in [1.82, 2.24) is 9.78 Å². The maximum Gasteiger partial charge on any atom is 0.335 e. The van der Waals surface area contributed by atoms with Crippen LogP contribution in [0.4, 0.5) is 15.8 Å². The second-order valence-electron chi connectivity index (χ2n) is 6.94. The summed E-state index contributed by atoms with van der Waals surface area (Å²) in [4.78, 5) is 21.3. The van der Waals surface area contributed by atoms with E-state index in [1.807, 2.05) is 30.3 Å². The molecule has 8 nitrogen and oxygen atoms in total. The summed E-state index contributed by atoms with van der Waals surface area (Å²) >= 11 is 0. The van der Waals surface area contributed by atoms with Crippen LogP contribution in [0.1, 0.15) is 15.9 Å². The minimum absolute atomic E-state index is 0.170. The largest absolute Gasteiger partial charge is 0.478 e. The average molecular weight is 432 g/mol. The Morgan fingerprint density at radius 3 is 2.47 bits per heavy atom. The van der Waals surface area contributed by atoms with E-state index in [1.165, 1.54) is 18.2 Å². The van der Waals surface area contributed by atoms with Crippen molar-refractivity contribution in [3.8, 4) is 16.9 Å². The highest BCUT2D eigenvalue weighted by molar-refractivity contribution is 5.87. The zero-order valence-electron chi connectivity index (χ0n) is 16.6. The average Bonchev–Trinajstić information content (AvgIpc) is 3.23. The van der Waals surface area contributed by atoms with Crippen LogP contribution in [-0.4, -0.2) is 25.8 Å². The van der Waals surface area contributed by atoms with Crippen LogP contribution < -0.4 is 5.32 Å². The van der Waals surface area contributed by atoms with Gasteiger partial charge in [0, 0.05) is 35.6 Å². The predicted octanol–water partition coefficient (Wildman–Crippen LogP) is 4.90. The van der Waals surface area contributed by atoms with Crippen molar-refractivity contribution >= 4 is 17.3 Å². The van der Waals surface area contributed by atoms with Crippen molar-refractivity contribution in [3.63, 3.8) is 0 Å². The van der Waals surface area contributed by atoms with Gasteiger partial charge in [-0.1, -0.05) is 30.3 Å². The number of nitrogens with one attached hydrogen (secondary N) is 1. The Bertz CT molecular complexity index is 1290. The molecule has 0 bridgehead atoms. The number of anilines is 1. The molecule has 0 aliphatic heterocycles. The molecule has 0 saturated carbocycles. The second kappa shape index (κ2) is 8.68. The van der Waals surface area contributed by atoms with Gasteiger partial charge in [0.05, 0.1) is 21.9 Å². The Morgan fingerprint density at radius 2 is 1.81 bits per heavy atom. The quantitative estimate of drug-likeness (QED) is 0.318. The van der Waals surface area contributed by atoms with Crippen molar-refractivity contribution in [3.05, 3.63) is 106 Å². The molecule has 0 unspecified atom stereocenters. The minimum atomic E-state index is -1.01. The van der Waals surface area contributed by atoms with E-state index in [1.54, 1.807) is 23.0 Å². The summed E-state index contributed by atoms with van der Waals surface area (Å²) in [7, 11) is 0. The first-order chi connectivity index (χ1) is 15.4. The fraction of sp³-hybridized carbons (Fsp3) is 0.0435. The molecule has 0 amide bonds. The molecule has 0 saturated heterocycles. The van der Waals surface area contributed by atoms with Gasteiger partial charge in [0.15, 0.2) is 0 Å². The highest BCUT2D eigenvalue weighted by Gasteiger charge is 2.16. The summed E-state index contributed by atoms with van der Waals surface area (Å²) in [5, 5.41) is 27.8. The van der Waals surface area contributed by atoms with Crippen LogP contribution >= 0.6 is 0 Å². The fourth-order valence-corrected chi connectivity index (χ4v) is 3.23. The molecule has 2 N–H and O–H groups in total. The van der Waals surface area contributed by atoms with Crippen LogP contribution in [0.25, 0.3) is 16.9 Å². The van der Waals surface area contributed by atoms with E-state index in [-0.39, 0.29) is 12.1 Å². The molecule has 4 rings (SSSR count). The number of carbonyl (C=O) groups is 1. The van der Waals surface area contributed by atoms with Gasteiger partial charge in [-0.15, -0.1) is 0 Å². The fourth-order valence-electron chi connectivity index (χ4n) is 3.23. The van der Waals surface area contributed by atoms with E-state index in [0.717, 1.165) is 23.3 Å². The molecule has 4 aromatic rings. The van der Waals surface area contributed by atoms with Gasteiger partial charge in [0.2, 0.25) is 5.82 Å². The molecule has 3 aromatic carbocycles. The SMILES string of the molecule is O=C(O)c1ccc(-n2cc(CNc3ccc(F)c([N+](=O)[O-])c3)c(-c3ccccc3)n2)cc1. The standard InChI is InChI=1S/C23H17FN4O4/c24-20-11-8-18(12-21(20)28(31)32)25-13-17-14-27(19-9-6-16(7-10-19)23(29)30)26-22(17)15-4-2-1-3-5-15/h1-12,14,25H,13H2,(H,29,30). The van der Waals surface area contributed by atoms with Gasteiger partial charge in [-0.2, -0.15) is 9.49 Å². The Morgan fingerprint density at radius 1 is 1.09 bits per heavy atom. The Hall–Kier alpha value is -4.53. The number of rotatable bonds is 7. The lowest BCUT2D eigenvalue weighted by molar-refractivity contribution is -0.387. The highest BCUT2D eigenvalue weighted by Crippen LogP contribution is 2.26. The Balaban J connectivity index is 1.67. The summed E-state index contributed by atoms with van der Waals surface area (Å²) in [5.74, 6) is -1.91. The van der Waals surface area contributed by atoms with Gasteiger partial charge in [-0.05, 0) is 36.4 Å². The molecule has 0 atom stereocenters. The lowest BCUT2D eigenvalue weighted by Crippen LogP contribution is -2.01. The molecular formula is C23H17FN4O4. The molecule has 0 spiro atoms. The number of benzene rings is 3. The van der Waals surface area contributed by atoms with Crippen LogP contribution in [0, 0.1) is 15.9 Å². The number of nitro groups is 1. The lowest BCUT2D eigenvalue weighted by atomic mass is 10.1. The van der Waals surface area contributed by atoms with Crippen molar-refractivity contribution in [2.24, 2.45) is 0 Å². The van der Waals surface area contributed by atoms with Crippen molar-refractivity contribution in [2.45, 2.75) is 6.54 Å². The van der Waals surface area contributed by atoms with Crippen LogP contribution in [0.15, 0.2) is 79.0 Å². The third-order valence-corrected chi connectivity index (χ3v) is 4.84. The van der Waals surface area contributed by atoms with Crippen LogP contribution in [0.5, 0.6) is 0 Å². The zero-order valence-corrected chi connectivity index (χ0v) is 16.6. The van der Waals surface area contributed by atoms with E-state index < -0.39 is 22.4 Å². The lowest BCUT2D eigenvalue weighted by Gasteiger charge is -2.07. The summed E-state index contributed by atoms with van der Waals surface area (Å²) in [6, 6.07) is 19.4. The van der Waals surface area contributed by atoms with E-state index >= 15 is 0 Å². The topological polar surface area (TPSA) is 110 Å². The first kappa shape index (κ1) is 20.7. The molecule has 0 aliphatic rings. The van der Waals surface area contributed by atoms with E-state index in [0.29, 0.717) is 17.1 Å². The second-order valence-corrected chi connectivity index (χ2v) is 6.94. The summed E-state index contributed by atoms with van der Waals surface area (Å²) in [5.41, 5.74) is 3.00. The Labute approximate surface area is 181 Å². The van der Waals surface area contributed by atoms with Gasteiger partial charge in [0.25, 0.3) is 0 Å². The first-order valence-electron chi connectivity index (χ1n) is 9.58. The maximum absolute atomic E-state index is 13.6. The first-order valence-corrected chi connectivity index (χ1v) is 9.58. The van der Waals surface area contributed by atoms with E-state index in [9.17, 15) is 19.3 Å². The minimum Gasteiger partial charge on any atom is -0.478 e. The smallest absolute Gasteiger partial charge is 0.335 e. The van der Waals surface area contributed by atoms with Crippen molar-refractivity contribution < 1.29 is 19.2 Å². The summed E-state index contributed by atoms with van der Waals surface area (Å²) in [6.45, 7) is 0.278. The number of carboxylic acid groups (broad SMARTS) is 1. The molecule has 32 heavy (non-hydrogen) atoms. The molecule has 1 aromatic heterocycles. The third-order valence-electron chi connectivity index (χ3n) is 4.84. The van der Waals surface area contributed by atoms with Crippen molar-refractivity contribution in [2.75, 3.05) is 5.32 Å². The summed E-state index contributed by atoms with van der Waals surface area (Å²) in [6.07, 6.45) is 1.79. The molecule has 9 heteroatoms. The van der Waals surface area contributed by atoms with E-state index in [4.69, 9.17) is 5.11 Å². The van der Waals surface area contributed by atoms with Crippen LogP contribution in [-0.2, 0) is 6.54 Å². The number of nitro benzene ring substituents is 1. The van der Waals surface area contributed by atoms with Crippen LogP contribution in [0.3, 0.4) is 0 Å².